The first-order chi connectivity index (χ1) is 13.1. The smallest absolute Gasteiger partial charge is 0.274 e. The highest BCUT2D eigenvalue weighted by molar-refractivity contribution is 7.99. The maximum atomic E-state index is 12.8. The van der Waals surface area contributed by atoms with Crippen molar-refractivity contribution in [2.75, 3.05) is 24.6 Å². The van der Waals surface area contributed by atoms with Gasteiger partial charge in [-0.25, -0.2) is 0 Å². The highest BCUT2D eigenvalue weighted by Gasteiger charge is 2.40. The molecular formula is C19H19Cl2N3O2S. The third-order valence-corrected chi connectivity index (χ3v) is 7.23. The van der Waals surface area contributed by atoms with Crippen LogP contribution in [0.5, 0.6) is 11.6 Å². The van der Waals surface area contributed by atoms with Gasteiger partial charge in [-0.05, 0) is 48.6 Å². The number of rotatable bonds is 3. The number of halogens is 2. The Balaban J connectivity index is 1.45. The SMILES string of the molecule is O=C(c1ccc(Oc2cccc(Cl)c2Cl)nn1)N1CCCC2(CCSC2)C1. The number of carbonyl (C=O) groups excluding carboxylic acids is 1. The molecular weight excluding hydrogens is 405 g/mol. The number of aromatic nitrogens is 2. The fraction of sp³-hybridized carbons (Fsp3) is 0.421. The van der Waals surface area contributed by atoms with Crippen LogP contribution in [-0.2, 0) is 0 Å². The van der Waals surface area contributed by atoms with E-state index in [1.54, 1.807) is 30.3 Å². The second kappa shape index (κ2) is 7.86. The molecule has 2 aliphatic heterocycles. The molecule has 2 saturated heterocycles. The molecule has 1 atom stereocenters. The molecule has 4 rings (SSSR count). The van der Waals surface area contributed by atoms with Gasteiger partial charge < -0.3 is 9.64 Å². The zero-order chi connectivity index (χ0) is 18.9. The Morgan fingerprint density at radius 3 is 2.81 bits per heavy atom. The number of piperidine rings is 1. The van der Waals surface area contributed by atoms with Crippen molar-refractivity contribution in [3.63, 3.8) is 0 Å². The number of amides is 1. The van der Waals surface area contributed by atoms with Gasteiger partial charge in [-0.15, -0.1) is 10.2 Å². The first-order valence-corrected chi connectivity index (χ1v) is 10.8. The Labute approximate surface area is 172 Å². The van der Waals surface area contributed by atoms with Gasteiger partial charge in [-0.1, -0.05) is 29.3 Å². The van der Waals surface area contributed by atoms with Crippen molar-refractivity contribution < 1.29 is 9.53 Å². The number of benzene rings is 1. The summed E-state index contributed by atoms with van der Waals surface area (Å²) in [5, 5.41) is 8.81. The standard InChI is InChI=1S/C19H19Cl2N3O2S/c20-13-3-1-4-15(17(13)21)26-16-6-5-14(22-23-16)18(25)24-9-2-7-19(11-24)8-10-27-12-19/h1,3-6H,2,7-12H2. The van der Waals surface area contributed by atoms with Gasteiger partial charge in [0.25, 0.3) is 5.91 Å². The molecule has 2 aliphatic rings. The molecule has 1 unspecified atom stereocenters. The summed E-state index contributed by atoms with van der Waals surface area (Å²) in [6, 6.07) is 8.39. The fourth-order valence-electron chi connectivity index (χ4n) is 3.68. The quantitative estimate of drug-likeness (QED) is 0.699. The van der Waals surface area contributed by atoms with Gasteiger partial charge in [-0.3, -0.25) is 4.79 Å². The van der Waals surface area contributed by atoms with Gasteiger partial charge in [0.2, 0.25) is 5.88 Å². The van der Waals surface area contributed by atoms with E-state index in [1.165, 1.54) is 18.6 Å². The van der Waals surface area contributed by atoms with E-state index in [0.29, 0.717) is 26.9 Å². The summed E-state index contributed by atoms with van der Waals surface area (Å²) < 4.78 is 5.63. The van der Waals surface area contributed by atoms with Gasteiger partial charge in [0, 0.05) is 24.9 Å². The summed E-state index contributed by atoms with van der Waals surface area (Å²) in [6.45, 7) is 1.60. The molecule has 2 fully saturated rings. The predicted molar refractivity (Wildman–Crippen MR) is 108 cm³/mol. The van der Waals surface area contributed by atoms with E-state index >= 15 is 0 Å². The maximum absolute atomic E-state index is 12.8. The van der Waals surface area contributed by atoms with Gasteiger partial charge in [0.1, 0.15) is 10.8 Å². The van der Waals surface area contributed by atoms with Crippen molar-refractivity contribution in [1.82, 2.24) is 15.1 Å². The topological polar surface area (TPSA) is 55.3 Å². The number of ether oxygens (including phenoxy) is 1. The molecule has 1 spiro atoms. The normalized spacial score (nSPS) is 22.2. The molecule has 0 radical (unpaired) electrons. The molecule has 0 aliphatic carbocycles. The average Bonchev–Trinajstić information content (AvgIpc) is 3.13. The number of carbonyl (C=O) groups is 1. The van der Waals surface area contributed by atoms with E-state index in [4.69, 9.17) is 27.9 Å². The van der Waals surface area contributed by atoms with E-state index in [9.17, 15) is 4.79 Å². The van der Waals surface area contributed by atoms with Gasteiger partial charge in [-0.2, -0.15) is 11.8 Å². The van der Waals surface area contributed by atoms with Crippen LogP contribution in [0.2, 0.25) is 10.0 Å². The highest BCUT2D eigenvalue weighted by Crippen LogP contribution is 2.43. The Bertz CT molecular complexity index is 841. The van der Waals surface area contributed by atoms with E-state index in [0.717, 1.165) is 25.3 Å². The number of hydrogen-bond acceptors (Lipinski definition) is 5. The van der Waals surface area contributed by atoms with Crippen molar-refractivity contribution in [3.8, 4) is 11.6 Å². The summed E-state index contributed by atoms with van der Waals surface area (Å²) in [6.07, 6.45) is 3.46. The van der Waals surface area contributed by atoms with E-state index < -0.39 is 0 Å². The molecule has 0 bridgehead atoms. The number of hydrogen-bond donors (Lipinski definition) is 0. The van der Waals surface area contributed by atoms with Crippen molar-refractivity contribution in [3.05, 3.63) is 46.1 Å². The fourth-order valence-corrected chi connectivity index (χ4v) is 5.54. The van der Waals surface area contributed by atoms with Crippen LogP contribution in [0.1, 0.15) is 29.8 Å². The number of nitrogens with zero attached hydrogens (tertiary/aromatic N) is 3. The van der Waals surface area contributed by atoms with Crippen LogP contribution in [0, 0.1) is 5.41 Å². The van der Waals surface area contributed by atoms with Crippen LogP contribution in [0.25, 0.3) is 0 Å². The third-order valence-electron chi connectivity index (χ3n) is 5.12. The lowest BCUT2D eigenvalue weighted by atomic mass is 9.79. The van der Waals surface area contributed by atoms with Crippen LogP contribution < -0.4 is 4.74 Å². The molecule has 0 saturated carbocycles. The summed E-state index contributed by atoms with van der Waals surface area (Å²) in [5.74, 6) is 2.94. The highest BCUT2D eigenvalue weighted by atomic mass is 35.5. The first-order valence-electron chi connectivity index (χ1n) is 8.89. The lowest BCUT2D eigenvalue weighted by molar-refractivity contribution is 0.0558. The molecule has 2 aromatic rings. The Kier molecular flexibility index (Phi) is 5.48. The van der Waals surface area contributed by atoms with Crippen molar-refractivity contribution in [1.29, 1.82) is 0 Å². The van der Waals surface area contributed by atoms with Gasteiger partial charge >= 0.3 is 0 Å². The zero-order valence-electron chi connectivity index (χ0n) is 14.7. The molecule has 5 nitrogen and oxygen atoms in total. The lowest BCUT2D eigenvalue weighted by Gasteiger charge is -2.39. The monoisotopic (exact) mass is 423 g/mol. The van der Waals surface area contributed by atoms with Gasteiger partial charge in [0.05, 0.1) is 5.02 Å². The minimum atomic E-state index is -0.0641. The largest absolute Gasteiger partial charge is 0.436 e. The van der Waals surface area contributed by atoms with Crippen molar-refractivity contribution in [2.45, 2.75) is 19.3 Å². The Morgan fingerprint density at radius 1 is 1.19 bits per heavy atom. The summed E-state index contributed by atoms with van der Waals surface area (Å²) in [7, 11) is 0. The summed E-state index contributed by atoms with van der Waals surface area (Å²) >= 11 is 14.1. The van der Waals surface area contributed by atoms with Crippen LogP contribution >= 0.6 is 35.0 Å². The average molecular weight is 424 g/mol. The minimum absolute atomic E-state index is 0.0641. The molecule has 8 heteroatoms. The Morgan fingerprint density at radius 2 is 2.07 bits per heavy atom. The van der Waals surface area contributed by atoms with Crippen molar-refractivity contribution in [2.24, 2.45) is 5.41 Å². The summed E-state index contributed by atoms with van der Waals surface area (Å²) in [5.41, 5.74) is 0.625. The van der Waals surface area contributed by atoms with E-state index in [1.807, 2.05) is 16.7 Å². The van der Waals surface area contributed by atoms with Crippen molar-refractivity contribution >= 4 is 40.9 Å². The first kappa shape index (κ1) is 18.8. The molecule has 3 heterocycles. The predicted octanol–water partition coefficient (Wildman–Crippen LogP) is 4.94. The molecule has 1 aromatic carbocycles. The second-order valence-corrected chi connectivity index (χ2v) is 8.93. The number of thioether (sulfide) groups is 1. The second-order valence-electron chi connectivity index (χ2n) is 7.04. The lowest BCUT2D eigenvalue weighted by Crippen LogP contribution is -2.46. The van der Waals surface area contributed by atoms with E-state index in [-0.39, 0.29) is 11.8 Å². The molecule has 1 aromatic heterocycles. The number of likely N-dealkylation sites (tertiary alicyclic amines) is 1. The molecule has 27 heavy (non-hydrogen) atoms. The van der Waals surface area contributed by atoms with Gasteiger partial charge in [0.15, 0.2) is 5.69 Å². The van der Waals surface area contributed by atoms with E-state index in [2.05, 4.69) is 10.2 Å². The molecule has 142 valence electrons. The molecule has 1 amide bonds. The van der Waals surface area contributed by atoms with Crippen LogP contribution in [0.15, 0.2) is 30.3 Å². The maximum Gasteiger partial charge on any atom is 0.274 e. The third kappa shape index (κ3) is 4.03. The zero-order valence-corrected chi connectivity index (χ0v) is 17.0. The summed E-state index contributed by atoms with van der Waals surface area (Å²) in [4.78, 5) is 14.8. The minimum Gasteiger partial charge on any atom is -0.436 e. The van der Waals surface area contributed by atoms with Crippen LogP contribution in [0.3, 0.4) is 0 Å². The Hall–Kier alpha value is -1.50. The van der Waals surface area contributed by atoms with Crippen LogP contribution in [-0.4, -0.2) is 45.6 Å². The molecule has 0 N–H and O–H groups in total. The van der Waals surface area contributed by atoms with Crippen LogP contribution in [0.4, 0.5) is 0 Å².